The van der Waals surface area contributed by atoms with Crippen molar-refractivity contribution in [3.63, 3.8) is 0 Å². The Kier molecular flexibility index (Phi) is 5.11. The molecule has 0 spiro atoms. The molecule has 0 atom stereocenters. The number of hydrogen-bond donors (Lipinski definition) is 0. The van der Waals surface area contributed by atoms with Crippen molar-refractivity contribution in [1.29, 1.82) is 0 Å². The van der Waals surface area contributed by atoms with Gasteiger partial charge in [0.05, 0.1) is 10.6 Å². The molecule has 21 heavy (non-hydrogen) atoms. The zero-order chi connectivity index (χ0) is 15.1. The Hall–Kier alpha value is -2.14. The molecule has 5 heteroatoms. The van der Waals surface area contributed by atoms with Crippen molar-refractivity contribution >= 4 is 16.2 Å². The molecule has 0 saturated carbocycles. The second kappa shape index (κ2) is 7.04. The van der Waals surface area contributed by atoms with Crippen molar-refractivity contribution in [1.82, 2.24) is 4.90 Å². The van der Waals surface area contributed by atoms with Gasteiger partial charge < -0.3 is 4.90 Å². The molecule has 0 heterocycles. The van der Waals surface area contributed by atoms with E-state index in [4.69, 9.17) is 0 Å². The highest BCUT2D eigenvalue weighted by atomic mass is 32.2. The summed E-state index contributed by atoms with van der Waals surface area (Å²) in [7, 11) is -3.36. The third kappa shape index (κ3) is 4.43. The van der Waals surface area contributed by atoms with Crippen LogP contribution in [-0.2, 0) is 21.2 Å². The molecule has 0 unspecified atom stereocenters. The maximum absolute atomic E-state index is 12.2. The molecule has 0 saturated heterocycles. The van der Waals surface area contributed by atoms with Crippen molar-refractivity contribution < 1.29 is 13.2 Å². The van der Waals surface area contributed by atoms with Crippen molar-refractivity contribution in [3.8, 4) is 0 Å². The van der Waals surface area contributed by atoms with Gasteiger partial charge >= 0.3 is 0 Å². The molecule has 2 aromatic rings. The molecular weight excluding hydrogens is 286 g/mol. The summed E-state index contributed by atoms with van der Waals surface area (Å²) in [4.78, 5) is 12.8. The van der Waals surface area contributed by atoms with Gasteiger partial charge in [-0.1, -0.05) is 48.5 Å². The molecular formula is C16H17NO3S. The summed E-state index contributed by atoms with van der Waals surface area (Å²) in [6, 6.07) is 17.8. The molecule has 0 N–H and O–H groups in total. The number of rotatable bonds is 7. The van der Waals surface area contributed by atoms with Crippen LogP contribution in [0.5, 0.6) is 0 Å². The van der Waals surface area contributed by atoms with Gasteiger partial charge in [0.25, 0.3) is 0 Å². The number of amides is 1. The van der Waals surface area contributed by atoms with Crippen LogP contribution >= 0.6 is 0 Å². The van der Waals surface area contributed by atoms with Gasteiger partial charge in [0.1, 0.15) is 0 Å². The van der Waals surface area contributed by atoms with E-state index in [-0.39, 0.29) is 17.2 Å². The quantitative estimate of drug-likeness (QED) is 0.736. The largest absolute Gasteiger partial charge is 0.340 e. The maximum Gasteiger partial charge on any atom is 0.210 e. The van der Waals surface area contributed by atoms with Gasteiger partial charge in [-0.15, -0.1) is 0 Å². The van der Waals surface area contributed by atoms with Gasteiger partial charge in [0.2, 0.25) is 6.41 Å². The van der Waals surface area contributed by atoms with Crippen LogP contribution in [0.3, 0.4) is 0 Å². The predicted octanol–water partition coefficient (Wildman–Crippen LogP) is 2.12. The van der Waals surface area contributed by atoms with Gasteiger partial charge in [0, 0.05) is 13.1 Å². The number of sulfone groups is 1. The summed E-state index contributed by atoms with van der Waals surface area (Å²) in [5.74, 6) is -0.0808. The second-order valence-electron chi connectivity index (χ2n) is 4.69. The van der Waals surface area contributed by atoms with E-state index in [1.54, 1.807) is 30.3 Å². The van der Waals surface area contributed by atoms with Crippen LogP contribution in [0.25, 0.3) is 0 Å². The Morgan fingerprint density at radius 3 is 2.05 bits per heavy atom. The Balaban J connectivity index is 1.99. The molecule has 1 amide bonds. The molecule has 110 valence electrons. The summed E-state index contributed by atoms with van der Waals surface area (Å²) in [6.45, 7) is 0.588. The minimum Gasteiger partial charge on any atom is -0.340 e. The van der Waals surface area contributed by atoms with E-state index >= 15 is 0 Å². The van der Waals surface area contributed by atoms with Crippen LogP contribution in [0.1, 0.15) is 5.56 Å². The van der Waals surface area contributed by atoms with Crippen LogP contribution in [-0.4, -0.2) is 32.0 Å². The van der Waals surface area contributed by atoms with E-state index in [0.717, 1.165) is 5.56 Å². The van der Waals surface area contributed by atoms with E-state index in [0.29, 0.717) is 13.0 Å². The van der Waals surface area contributed by atoms with Gasteiger partial charge in [0.15, 0.2) is 9.84 Å². The SMILES string of the molecule is O=CN(CCS(=O)(=O)c1ccccc1)Cc1ccccc1. The molecule has 0 aliphatic heterocycles. The lowest BCUT2D eigenvalue weighted by atomic mass is 10.2. The number of carbonyl (C=O) groups is 1. The summed E-state index contributed by atoms with van der Waals surface area (Å²) in [5, 5.41) is 0. The highest BCUT2D eigenvalue weighted by Gasteiger charge is 2.15. The minimum atomic E-state index is -3.36. The first kappa shape index (κ1) is 15.3. The van der Waals surface area contributed by atoms with E-state index in [9.17, 15) is 13.2 Å². The van der Waals surface area contributed by atoms with Crippen molar-refractivity contribution in [2.75, 3.05) is 12.3 Å². The van der Waals surface area contributed by atoms with Crippen LogP contribution < -0.4 is 0 Å². The fraction of sp³-hybridized carbons (Fsp3) is 0.188. The summed E-state index contributed by atoms with van der Waals surface area (Å²) >= 11 is 0. The van der Waals surface area contributed by atoms with Gasteiger partial charge in [-0.05, 0) is 17.7 Å². The fourth-order valence-electron chi connectivity index (χ4n) is 1.97. The Morgan fingerprint density at radius 2 is 1.48 bits per heavy atom. The lowest BCUT2D eigenvalue weighted by molar-refractivity contribution is -0.118. The lowest BCUT2D eigenvalue weighted by Gasteiger charge is -2.17. The number of hydrogen-bond acceptors (Lipinski definition) is 3. The smallest absolute Gasteiger partial charge is 0.210 e. The average molecular weight is 303 g/mol. The Bertz CT molecular complexity index is 669. The summed E-state index contributed by atoms with van der Waals surface area (Å²) < 4.78 is 24.3. The normalized spacial score (nSPS) is 11.0. The maximum atomic E-state index is 12.2. The number of benzene rings is 2. The number of nitrogens with zero attached hydrogens (tertiary/aromatic N) is 1. The Morgan fingerprint density at radius 1 is 0.905 bits per heavy atom. The summed E-state index contributed by atoms with van der Waals surface area (Å²) in [6.07, 6.45) is 0.688. The number of carbonyl (C=O) groups excluding carboxylic acids is 1. The van der Waals surface area contributed by atoms with Crippen LogP contribution in [0, 0.1) is 0 Å². The fourth-order valence-corrected chi connectivity index (χ4v) is 3.25. The van der Waals surface area contributed by atoms with Gasteiger partial charge in [-0.2, -0.15) is 0 Å². The molecule has 0 aliphatic carbocycles. The van der Waals surface area contributed by atoms with Gasteiger partial charge in [-0.3, -0.25) is 4.79 Å². The first-order chi connectivity index (χ1) is 10.1. The monoisotopic (exact) mass is 303 g/mol. The molecule has 2 rings (SSSR count). The summed E-state index contributed by atoms with van der Waals surface area (Å²) in [5.41, 5.74) is 0.974. The highest BCUT2D eigenvalue weighted by molar-refractivity contribution is 7.91. The van der Waals surface area contributed by atoms with Crippen LogP contribution in [0.2, 0.25) is 0 Å². The Labute approximate surface area is 124 Å². The first-order valence-corrected chi connectivity index (χ1v) is 8.28. The standard InChI is InChI=1S/C16H17NO3S/c18-14-17(13-15-7-3-1-4-8-15)11-12-21(19,20)16-9-5-2-6-10-16/h1-10,14H,11-13H2. The third-order valence-corrected chi connectivity index (χ3v) is 4.84. The van der Waals surface area contributed by atoms with Crippen molar-refractivity contribution in [3.05, 3.63) is 66.2 Å². The molecule has 0 bridgehead atoms. The molecule has 0 aromatic heterocycles. The van der Waals surface area contributed by atoms with Crippen LogP contribution in [0.4, 0.5) is 0 Å². The van der Waals surface area contributed by atoms with Crippen LogP contribution in [0.15, 0.2) is 65.6 Å². The van der Waals surface area contributed by atoms with Crippen molar-refractivity contribution in [2.24, 2.45) is 0 Å². The molecule has 2 aromatic carbocycles. The first-order valence-electron chi connectivity index (χ1n) is 6.63. The van der Waals surface area contributed by atoms with E-state index < -0.39 is 9.84 Å². The van der Waals surface area contributed by atoms with E-state index in [2.05, 4.69) is 0 Å². The highest BCUT2D eigenvalue weighted by Crippen LogP contribution is 2.11. The van der Waals surface area contributed by atoms with Gasteiger partial charge in [-0.25, -0.2) is 8.42 Å². The topological polar surface area (TPSA) is 54.5 Å². The van der Waals surface area contributed by atoms with E-state index in [1.165, 1.54) is 4.90 Å². The molecule has 0 fully saturated rings. The molecule has 0 radical (unpaired) electrons. The van der Waals surface area contributed by atoms with E-state index in [1.807, 2.05) is 30.3 Å². The predicted molar refractivity (Wildman–Crippen MR) is 81.4 cm³/mol. The zero-order valence-corrected chi connectivity index (χ0v) is 12.4. The minimum absolute atomic E-state index is 0.0808. The lowest BCUT2D eigenvalue weighted by Crippen LogP contribution is -2.27. The third-order valence-electron chi connectivity index (χ3n) is 3.13. The zero-order valence-electron chi connectivity index (χ0n) is 11.6. The molecule has 0 aliphatic rings. The van der Waals surface area contributed by atoms with Crippen molar-refractivity contribution in [2.45, 2.75) is 11.4 Å². The average Bonchev–Trinajstić information content (AvgIpc) is 2.53. The molecule has 4 nitrogen and oxygen atoms in total. The second-order valence-corrected chi connectivity index (χ2v) is 6.80.